The van der Waals surface area contributed by atoms with Crippen LogP contribution in [0.5, 0.6) is 0 Å². The van der Waals surface area contributed by atoms with Crippen LogP contribution in [-0.2, 0) is 4.74 Å². The second kappa shape index (κ2) is 7.09. The molecule has 4 nitrogen and oxygen atoms in total. The van der Waals surface area contributed by atoms with Crippen molar-refractivity contribution in [3.63, 3.8) is 0 Å². The third-order valence-electron chi connectivity index (χ3n) is 3.54. The molecule has 0 spiro atoms. The highest BCUT2D eigenvalue weighted by Crippen LogP contribution is 2.17. The van der Waals surface area contributed by atoms with Crippen LogP contribution < -0.4 is 10.6 Å². The highest BCUT2D eigenvalue weighted by molar-refractivity contribution is 9.10. The first-order valence-electron chi connectivity index (χ1n) is 6.98. The van der Waals surface area contributed by atoms with Gasteiger partial charge in [-0.1, -0.05) is 28.1 Å². The summed E-state index contributed by atoms with van der Waals surface area (Å²) in [6, 6.07) is 8.05. The number of carbonyl (C=O) groups excluding carboxylic acids is 1. The van der Waals surface area contributed by atoms with Gasteiger partial charge in [0, 0.05) is 17.1 Å². The zero-order chi connectivity index (χ0) is 14.5. The van der Waals surface area contributed by atoms with Gasteiger partial charge in [-0.3, -0.25) is 0 Å². The first-order valence-corrected chi connectivity index (χ1v) is 7.78. The maximum atomic E-state index is 12.0. The third kappa shape index (κ3) is 4.49. The van der Waals surface area contributed by atoms with Gasteiger partial charge in [-0.05, 0) is 44.4 Å². The summed E-state index contributed by atoms with van der Waals surface area (Å²) in [5.74, 6) is 0. The normalized spacial score (nSPS) is 23.9. The second-order valence-electron chi connectivity index (χ2n) is 5.29. The van der Waals surface area contributed by atoms with E-state index < -0.39 is 0 Å². The summed E-state index contributed by atoms with van der Waals surface area (Å²) < 4.78 is 6.51. The number of hydrogen-bond acceptors (Lipinski definition) is 2. The smallest absolute Gasteiger partial charge is 0.315 e. The summed E-state index contributed by atoms with van der Waals surface area (Å²) in [7, 11) is 0. The number of urea groups is 1. The van der Waals surface area contributed by atoms with Crippen molar-refractivity contribution >= 4 is 22.0 Å². The minimum atomic E-state index is -0.112. The van der Waals surface area contributed by atoms with Gasteiger partial charge in [0.05, 0.1) is 12.1 Å². The van der Waals surface area contributed by atoms with Gasteiger partial charge in [0.2, 0.25) is 0 Å². The van der Waals surface area contributed by atoms with Crippen LogP contribution in [0.4, 0.5) is 4.79 Å². The summed E-state index contributed by atoms with van der Waals surface area (Å²) in [6.45, 7) is 4.74. The largest absolute Gasteiger partial charge is 0.378 e. The number of amides is 2. The summed E-state index contributed by atoms with van der Waals surface area (Å²) in [5.41, 5.74) is 1.09. The van der Waals surface area contributed by atoms with Gasteiger partial charge in [-0.2, -0.15) is 0 Å². The Morgan fingerprint density at radius 1 is 1.40 bits per heavy atom. The van der Waals surface area contributed by atoms with Gasteiger partial charge in [0.1, 0.15) is 0 Å². The number of halogens is 1. The molecule has 20 heavy (non-hydrogen) atoms. The summed E-state index contributed by atoms with van der Waals surface area (Å²) in [4.78, 5) is 12.0. The van der Waals surface area contributed by atoms with Gasteiger partial charge >= 0.3 is 6.03 Å². The van der Waals surface area contributed by atoms with Crippen molar-refractivity contribution < 1.29 is 9.53 Å². The molecule has 1 aliphatic rings. The van der Waals surface area contributed by atoms with E-state index in [1.54, 1.807) is 0 Å². The van der Waals surface area contributed by atoms with Gasteiger partial charge < -0.3 is 15.4 Å². The standard InChI is InChI=1S/C15H21BrN2O2/c1-10-9-14(7-8-20-10)18-15(19)17-11(2)12-3-5-13(16)6-4-12/h3-6,10-11,14H,7-9H2,1-2H3,(H2,17,18,19)/t10-,11+,14+/m0/s1. The van der Waals surface area contributed by atoms with Crippen LogP contribution in [0, 0.1) is 0 Å². The molecular formula is C15H21BrN2O2. The van der Waals surface area contributed by atoms with Gasteiger partial charge in [-0.15, -0.1) is 0 Å². The lowest BCUT2D eigenvalue weighted by molar-refractivity contribution is 0.0153. The Balaban J connectivity index is 1.83. The Morgan fingerprint density at radius 2 is 2.10 bits per heavy atom. The molecule has 2 N–H and O–H groups in total. The molecular weight excluding hydrogens is 320 g/mol. The van der Waals surface area contributed by atoms with Crippen molar-refractivity contribution in [2.75, 3.05) is 6.61 Å². The van der Waals surface area contributed by atoms with Crippen LogP contribution >= 0.6 is 15.9 Å². The van der Waals surface area contributed by atoms with Crippen LogP contribution in [-0.4, -0.2) is 24.8 Å². The fourth-order valence-corrected chi connectivity index (χ4v) is 2.65. The van der Waals surface area contributed by atoms with Crippen molar-refractivity contribution in [1.29, 1.82) is 0 Å². The van der Waals surface area contributed by atoms with Gasteiger partial charge in [0.15, 0.2) is 0 Å². The molecule has 110 valence electrons. The Kier molecular flexibility index (Phi) is 5.43. The van der Waals surface area contributed by atoms with Crippen LogP contribution in [0.15, 0.2) is 28.7 Å². The number of hydrogen-bond donors (Lipinski definition) is 2. The summed E-state index contributed by atoms with van der Waals surface area (Å²) >= 11 is 3.41. The predicted octanol–water partition coefficient (Wildman–Crippen LogP) is 3.38. The van der Waals surface area contributed by atoms with Crippen molar-refractivity contribution in [2.45, 2.75) is 44.9 Å². The molecule has 2 amide bonds. The first kappa shape index (κ1) is 15.3. The fourth-order valence-electron chi connectivity index (χ4n) is 2.39. The molecule has 0 aromatic heterocycles. The molecule has 3 atom stereocenters. The SMILES string of the molecule is C[C@H]1C[C@H](NC(=O)N[C@H](C)c2ccc(Br)cc2)CCO1. The number of benzene rings is 1. The average Bonchev–Trinajstić information content (AvgIpc) is 2.39. The maximum Gasteiger partial charge on any atom is 0.315 e. The Hall–Kier alpha value is -1.07. The van der Waals surface area contributed by atoms with E-state index >= 15 is 0 Å². The van der Waals surface area contributed by atoms with Crippen LogP contribution in [0.1, 0.15) is 38.3 Å². The van der Waals surface area contributed by atoms with E-state index in [1.165, 1.54) is 0 Å². The van der Waals surface area contributed by atoms with E-state index in [4.69, 9.17) is 4.74 Å². The molecule has 1 aliphatic heterocycles. The molecule has 0 radical (unpaired) electrons. The maximum absolute atomic E-state index is 12.0. The number of ether oxygens (including phenoxy) is 1. The van der Waals surface area contributed by atoms with E-state index in [1.807, 2.05) is 38.1 Å². The molecule has 0 saturated carbocycles. The van der Waals surface area contributed by atoms with Crippen molar-refractivity contribution in [2.24, 2.45) is 0 Å². The zero-order valence-electron chi connectivity index (χ0n) is 11.9. The number of nitrogens with one attached hydrogen (secondary N) is 2. The molecule has 0 aliphatic carbocycles. The van der Waals surface area contributed by atoms with E-state index in [0.29, 0.717) is 6.61 Å². The monoisotopic (exact) mass is 340 g/mol. The molecule has 1 saturated heterocycles. The molecule has 1 aromatic carbocycles. The molecule has 1 fully saturated rings. The lowest BCUT2D eigenvalue weighted by Crippen LogP contribution is -2.46. The Bertz CT molecular complexity index is 450. The highest BCUT2D eigenvalue weighted by Gasteiger charge is 2.21. The van der Waals surface area contributed by atoms with Gasteiger partial charge in [-0.25, -0.2) is 4.79 Å². The first-order chi connectivity index (χ1) is 9.54. The lowest BCUT2D eigenvalue weighted by atomic mass is 10.0. The topological polar surface area (TPSA) is 50.4 Å². The van der Waals surface area contributed by atoms with E-state index in [2.05, 4.69) is 26.6 Å². The molecule has 0 unspecified atom stereocenters. The predicted molar refractivity (Wildman–Crippen MR) is 82.7 cm³/mol. The minimum absolute atomic E-state index is 0.0136. The number of carbonyl (C=O) groups is 1. The van der Waals surface area contributed by atoms with Crippen molar-refractivity contribution in [1.82, 2.24) is 10.6 Å². The zero-order valence-corrected chi connectivity index (χ0v) is 13.4. The van der Waals surface area contributed by atoms with E-state index in [0.717, 1.165) is 22.9 Å². The lowest BCUT2D eigenvalue weighted by Gasteiger charge is -2.28. The second-order valence-corrected chi connectivity index (χ2v) is 6.21. The van der Waals surface area contributed by atoms with E-state index in [-0.39, 0.29) is 24.2 Å². The van der Waals surface area contributed by atoms with Crippen LogP contribution in [0.3, 0.4) is 0 Å². The fraction of sp³-hybridized carbons (Fsp3) is 0.533. The summed E-state index contributed by atoms with van der Waals surface area (Å²) in [6.07, 6.45) is 1.97. The molecule has 5 heteroatoms. The quantitative estimate of drug-likeness (QED) is 0.886. The van der Waals surface area contributed by atoms with Crippen molar-refractivity contribution in [3.8, 4) is 0 Å². The number of rotatable bonds is 3. The van der Waals surface area contributed by atoms with E-state index in [9.17, 15) is 4.79 Å². The van der Waals surface area contributed by atoms with Gasteiger partial charge in [0.25, 0.3) is 0 Å². The average molecular weight is 341 g/mol. The van der Waals surface area contributed by atoms with Crippen molar-refractivity contribution in [3.05, 3.63) is 34.3 Å². The molecule has 1 heterocycles. The minimum Gasteiger partial charge on any atom is -0.378 e. The molecule has 1 aromatic rings. The van der Waals surface area contributed by atoms with Crippen LogP contribution in [0.25, 0.3) is 0 Å². The Labute approximate surface area is 128 Å². The summed E-state index contributed by atoms with van der Waals surface area (Å²) in [5, 5.41) is 5.99. The highest BCUT2D eigenvalue weighted by atomic mass is 79.9. The molecule has 0 bridgehead atoms. The Morgan fingerprint density at radius 3 is 2.75 bits per heavy atom. The van der Waals surface area contributed by atoms with Crippen LogP contribution in [0.2, 0.25) is 0 Å². The third-order valence-corrected chi connectivity index (χ3v) is 4.07. The molecule has 2 rings (SSSR count).